The Morgan fingerprint density at radius 1 is 1.32 bits per heavy atom. The van der Waals surface area contributed by atoms with E-state index in [1.54, 1.807) is 19.1 Å². The van der Waals surface area contributed by atoms with E-state index in [1.165, 1.54) is 18.4 Å². The molecule has 1 aromatic heterocycles. The number of carboxylic acids is 1. The lowest BCUT2D eigenvalue weighted by Crippen LogP contribution is -2.23. The van der Waals surface area contributed by atoms with E-state index in [9.17, 15) is 18.3 Å². The fraction of sp³-hybridized carbons (Fsp3) is 0.214. The molecule has 22 heavy (non-hydrogen) atoms. The molecule has 0 aliphatic heterocycles. The molecule has 0 fully saturated rings. The zero-order valence-electron chi connectivity index (χ0n) is 11.9. The van der Waals surface area contributed by atoms with Crippen molar-refractivity contribution in [3.8, 4) is 0 Å². The van der Waals surface area contributed by atoms with E-state index in [4.69, 9.17) is 4.42 Å². The highest BCUT2D eigenvalue weighted by atomic mass is 32.2. The summed E-state index contributed by atoms with van der Waals surface area (Å²) in [6.45, 7) is 2.17. The molecule has 2 rings (SSSR count). The Hall–Kier alpha value is -2.32. The number of anilines is 1. The Balaban J connectivity index is 2.29. The van der Waals surface area contributed by atoms with Gasteiger partial charge in [0.2, 0.25) is 10.0 Å². The first-order valence-corrected chi connectivity index (χ1v) is 8.05. The maximum Gasteiger partial charge on any atom is 0.337 e. The van der Waals surface area contributed by atoms with Crippen LogP contribution in [0, 0.1) is 0 Å². The molecule has 0 saturated heterocycles. The minimum absolute atomic E-state index is 0.0877. The minimum atomic E-state index is -3.70. The Kier molecular flexibility index (Phi) is 4.84. The van der Waals surface area contributed by atoms with Crippen molar-refractivity contribution >= 4 is 21.7 Å². The molecule has 1 aromatic carbocycles. The van der Waals surface area contributed by atoms with E-state index in [1.807, 2.05) is 0 Å². The van der Waals surface area contributed by atoms with Crippen LogP contribution in [0.25, 0.3) is 0 Å². The second-order valence-corrected chi connectivity index (χ2v) is 6.21. The average Bonchev–Trinajstić information content (AvgIpc) is 2.98. The van der Waals surface area contributed by atoms with E-state index in [-0.39, 0.29) is 17.0 Å². The van der Waals surface area contributed by atoms with Crippen molar-refractivity contribution in [2.75, 3.05) is 11.9 Å². The first-order valence-electron chi connectivity index (χ1n) is 6.57. The molecular formula is C14H16N2O5S. The number of aromatic carboxylic acids is 1. The van der Waals surface area contributed by atoms with Gasteiger partial charge < -0.3 is 14.8 Å². The molecule has 0 aliphatic rings. The largest absolute Gasteiger partial charge is 0.478 e. The summed E-state index contributed by atoms with van der Waals surface area (Å²) in [5.41, 5.74) is 0.199. The number of nitrogens with one attached hydrogen (secondary N) is 2. The fourth-order valence-electron chi connectivity index (χ4n) is 1.89. The maximum atomic E-state index is 11.9. The second kappa shape index (κ2) is 6.63. The van der Waals surface area contributed by atoms with Crippen LogP contribution in [0.4, 0.5) is 5.69 Å². The van der Waals surface area contributed by atoms with Crippen LogP contribution in [0.1, 0.15) is 23.0 Å². The van der Waals surface area contributed by atoms with E-state index < -0.39 is 16.0 Å². The third-order valence-electron chi connectivity index (χ3n) is 2.90. The van der Waals surface area contributed by atoms with Crippen molar-refractivity contribution in [1.82, 2.24) is 4.72 Å². The number of benzene rings is 1. The van der Waals surface area contributed by atoms with Gasteiger partial charge in [-0.3, -0.25) is 0 Å². The van der Waals surface area contributed by atoms with Gasteiger partial charge in [0.15, 0.2) is 0 Å². The van der Waals surface area contributed by atoms with Crippen molar-refractivity contribution in [3.63, 3.8) is 0 Å². The molecule has 0 aliphatic carbocycles. The normalized spacial score (nSPS) is 11.3. The van der Waals surface area contributed by atoms with E-state index in [2.05, 4.69) is 10.0 Å². The smallest absolute Gasteiger partial charge is 0.337 e. The van der Waals surface area contributed by atoms with Crippen molar-refractivity contribution in [2.24, 2.45) is 0 Å². The van der Waals surface area contributed by atoms with Gasteiger partial charge in [0.05, 0.1) is 23.3 Å². The second-order valence-electron chi connectivity index (χ2n) is 4.45. The molecule has 7 nitrogen and oxygen atoms in total. The number of hydrogen-bond donors (Lipinski definition) is 3. The lowest BCUT2D eigenvalue weighted by atomic mass is 10.2. The van der Waals surface area contributed by atoms with Gasteiger partial charge in [-0.25, -0.2) is 17.9 Å². The summed E-state index contributed by atoms with van der Waals surface area (Å²) in [5, 5.41) is 12.2. The van der Waals surface area contributed by atoms with Crippen molar-refractivity contribution in [2.45, 2.75) is 18.4 Å². The molecule has 0 radical (unpaired) electrons. The molecule has 3 N–H and O–H groups in total. The lowest BCUT2D eigenvalue weighted by molar-refractivity contribution is 0.0697. The van der Waals surface area contributed by atoms with Gasteiger partial charge in [0.25, 0.3) is 0 Å². The summed E-state index contributed by atoms with van der Waals surface area (Å²) in [5.74, 6) is -0.573. The van der Waals surface area contributed by atoms with Crippen LogP contribution in [-0.4, -0.2) is 26.0 Å². The number of furan rings is 1. The molecule has 1 heterocycles. The molecule has 0 bridgehead atoms. The summed E-state index contributed by atoms with van der Waals surface area (Å²) < 4.78 is 31.3. The molecular weight excluding hydrogens is 308 g/mol. The number of sulfonamides is 1. The summed E-state index contributed by atoms with van der Waals surface area (Å²) in [4.78, 5) is 11.3. The standard InChI is InChI=1S/C14H16N2O5S/c1-2-16-22(19,20)11-5-6-13(12(8-11)14(17)18)15-9-10-4-3-7-21-10/h3-8,15-16H,2,9H2,1H3,(H,17,18). The first kappa shape index (κ1) is 16.1. The third-order valence-corrected chi connectivity index (χ3v) is 4.44. The van der Waals surface area contributed by atoms with Crippen LogP contribution in [-0.2, 0) is 16.6 Å². The summed E-state index contributed by atoms with van der Waals surface area (Å²) in [6.07, 6.45) is 1.52. The fourth-order valence-corrected chi connectivity index (χ4v) is 2.96. The predicted octanol–water partition coefficient (Wildman–Crippen LogP) is 1.89. The van der Waals surface area contributed by atoms with Crippen LogP contribution in [0.5, 0.6) is 0 Å². The molecule has 8 heteroatoms. The van der Waals surface area contributed by atoms with Gasteiger partial charge in [0.1, 0.15) is 5.76 Å². The predicted molar refractivity (Wildman–Crippen MR) is 80.3 cm³/mol. The van der Waals surface area contributed by atoms with E-state index in [0.717, 1.165) is 6.07 Å². The summed E-state index contributed by atoms with van der Waals surface area (Å²) in [6, 6.07) is 7.38. The number of hydrogen-bond acceptors (Lipinski definition) is 5. The number of carboxylic acid groups (broad SMARTS) is 1. The molecule has 0 saturated carbocycles. The zero-order valence-corrected chi connectivity index (χ0v) is 12.7. The topological polar surface area (TPSA) is 109 Å². The van der Waals surface area contributed by atoms with Crippen LogP contribution in [0.15, 0.2) is 45.9 Å². The number of rotatable bonds is 7. The van der Waals surface area contributed by atoms with Crippen LogP contribution < -0.4 is 10.0 Å². The quantitative estimate of drug-likeness (QED) is 0.717. The number of carbonyl (C=O) groups is 1. The first-order chi connectivity index (χ1) is 10.4. The highest BCUT2D eigenvalue weighted by molar-refractivity contribution is 7.89. The average molecular weight is 324 g/mol. The zero-order chi connectivity index (χ0) is 16.2. The third kappa shape index (κ3) is 3.66. The van der Waals surface area contributed by atoms with Gasteiger partial charge in [-0.1, -0.05) is 6.92 Å². The SMILES string of the molecule is CCNS(=O)(=O)c1ccc(NCc2ccco2)c(C(=O)O)c1. The highest BCUT2D eigenvalue weighted by Gasteiger charge is 2.18. The van der Waals surface area contributed by atoms with Crippen molar-refractivity contribution < 1.29 is 22.7 Å². The summed E-state index contributed by atoms with van der Waals surface area (Å²) >= 11 is 0. The molecule has 0 unspecified atom stereocenters. The van der Waals surface area contributed by atoms with Crippen LogP contribution >= 0.6 is 0 Å². The van der Waals surface area contributed by atoms with E-state index in [0.29, 0.717) is 18.0 Å². The van der Waals surface area contributed by atoms with Gasteiger partial charge in [0, 0.05) is 12.2 Å². The molecule has 118 valence electrons. The molecule has 0 amide bonds. The Morgan fingerprint density at radius 2 is 2.09 bits per heavy atom. The minimum Gasteiger partial charge on any atom is -0.478 e. The molecule has 2 aromatic rings. The van der Waals surface area contributed by atoms with Crippen LogP contribution in [0.3, 0.4) is 0 Å². The maximum absolute atomic E-state index is 11.9. The van der Waals surface area contributed by atoms with Crippen molar-refractivity contribution in [1.29, 1.82) is 0 Å². The Bertz CT molecular complexity index is 754. The van der Waals surface area contributed by atoms with Crippen molar-refractivity contribution in [3.05, 3.63) is 47.9 Å². The van der Waals surface area contributed by atoms with Crippen LogP contribution in [0.2, 0.25) is 0 Å². The Labute approximate surface area is 128 Å². The van der Waals surface area contributed by atoms with Gasteiger partial charge in [-0.2, -0.15) is 0 Å². The van der Waals surface area contributed by atoms with Gasteiger partial charge in [-0.05, 0) is 30.3 Å². The molecule has 0 spiro atoms. The van der Waals surface area contributed by atoms with Gasteiger partial charge in [-0.15, -0.1) is 0 Å². The lowest BCUT2D eigenvalue weighted by Gasteiger charge is -2.11. The van der Waals surface area contributed by atoms with Gasteiger partial charge >= 0.3 is 5.97 Å². The highest BCUT2D eigenvalue weighted by Crippen LogP contribution is 2.21. The monoisotopic (exact) mass is 324 g/mol. The van der Waals surface area contributed by atoms with E-state index >= 15 is 0 Å². The Morgan fingerprint density at radius 3 is 2.68 bits per heavy atom. The summed E-state index contributed by atoms with van der Waals surface area (Å²) in [7, 11) is -3.70. The molecule has 0 atom stereocenters.